The van der Waals surface area contributed by atoms with Crippen LogP contribution in [0.1, 0.15) is 39.5 Å². The molecule has 98 valence electrons. The molecule has 2 amide bonds. The number of carbonyl (C=O) groups excluding carboxylic acids is 1. The molecule has 1 aliphatic carbocycles. The molecule has 17 heavy (non-hydrogen) atoms. The molecule has 0 aromatic heterocycles. The highest BCUT2D eigenvalue weighted by atomic mass is 16.3. The standard InChI is InChI=1S/C13H24N2O2/c1-3-10(4-2)12(16)9-14-13(17)15-11-7-5-6-8-11/h5-6,10-12,16H,3-4,7-9H2,1-2H3,(H2,14,15,17). The third-order valence-electron chi connectivity index (χ3n) is 3.41. The van der Waals surface area contributed by atoms with E-state index in [2.05, 4.69) is 36.6 Å². The van der Waals surface area contributed by atoms with Crippen molar-refractivity contribution < 1.29 is 9.90 Å². The molecule has 0 aromatic rings. The van der Waals surface area contributed by atoms with Crippen LogP contribution in [-0.4, -0.2) is 29.8 Å². The van der Waals surface area contributed by atoms with Gasteiger partial charge in [-0.15, -0.1) is 0 Å². The van der Waals surface area contributed by atoms with Crippen molar-refractivity contribution in [1.29, 1.82) is 0 Å². The summed E-state index contributed by atoms with van der Waals surface area (Å²) in [7, 11) is 0. The number of hydrogen-bond acceptors (Lipinski definition) is 2. The van der Waals surface area contributed by atoms with Gasteiger partial charge in [-0.25, -0.2) is 4.79 Å². The van der Waals surface area contributed by atoms with Crippen LogP contribution in [0.5, 0.6) is 0 Å². The maximum atomic E-state index is 11.5. The highest BCUT2D eigenvalue weighted by Gasteiger charge is 2.17. The minimum atomic E-state index is -0.447. The Bertz CT molecular complexity index is 254. The molecule has 4 heteroatoms. The van der Waals surface area contributed by atoms with Crippen LogP contribution in [0, 0.1) is 5.92 Å². The molecule has 0 aliphatic heterocycles. The Morgan fingerprint density at radius 3 is 2.47 bits per heavy atom. The maximum absolute atomic E-state index is 11.5. The van der Waals surface area contributed by atoms with Crippen LogP contribution in [0.4, 0.5) is 4.79 Å². The summed E-state index contributed by atoms with van der Waals surface area (Å²) in [5, 5.41) is 15.5. The first kappa shape index (κ1) is 14.0. The van der Waals surface area contributed by atoms with E-state index in [1.807, 2.05) is 0 Å². The molecule has 0 fully saturated rings. The largest absolute Gasteiger partial charge is 0.391 e. The average molecular weight is 240 g/mol. The van der Waals surface area contributed by atoms with Gasteiger partial charge in [-0.2, -0.15) is 0 Å². The zero-order chi connectivity index (χ0) is 12.7. The highest BCUT2D eigenvalue weighted by molar-refractivity contribution is 5.74. The number of aliphatic hydroxyl groups is 1. The van der Waals surface area contributed by atoms with E-state index < -0.39 is 6.10 Å². The van der Waals surface area contributed by atoms with Gasteiger partial charge < -0.3 is 15.7 Å². The number of nitrogens with one attached hydrogen (secondary N) is 2. The number of carbonyl (C=O) groups is 1. The van der Waals surface area contributed by atoms with E-state index in [-0.39, 0.29) is 18.0 Å². The zero-order valence-corrected chi connectivity index (χ0v) is 10.8. The van der Waals surface area contributed by atoms with E-state index in [1.54, 1.807) is 0 Å². The molecular formula is C13H24N2O2. The lowest BCUT2D eigenvalue weighted by Crippen LogP contribution is -2.44. The third-order valence-corrected chi connectivity index (χ3v) is 3.41. The van der Waals surface area contributed by atoms with Crippen LogP contribution in [0.25, 0.3) is 0 Å². The fourth-order valence-corrected chi connectivity index (χ4v) is 2.17. The molecule has 0 radical (unpaired) electrons. The molecule has 1 aliphatic rings. The van der Waals surface area contributed by atoms with Crippen LogP contribution in [0.2, 0.25) is 0 Å². The van der Waals surface area contributed by atoms with Gasteiger partial charge >= 0.3 is 6.03 Å². The number of amides is 2. The van der Waals surface area contributed by atoms with Crippen molar-refractivity contribution in [3.63, 3.8) is 0 Å². The normalized spacial score (nSPS) is 17.4. The van der Waals surface area contributed by atoms with E-state index in [9.17, 15) is 9.90 Å². The van der Waals surface area contributed by atoms with Gasteiger partial charge in [-0.1, -0.05) is 38.8 Å². The van der Waals surface area contributed by atoms with E-state index in [0.29, 0.717) is 6.54 Å². The van der Waals surface area contributed by atoms with Crippen molar-refractivity contribution >= 4 is 6.03 Å². The Morgan fingerprint density at radius 1 is 1.35 bits per heavy atom. The van der Waals surface area contributed by atoms with Gasteiger partial charge in [0, 0.05) is 12.6 Å². The van der Waals surface area contributed by atoms with Crippen molar-refractivity contribution in [2.45, 2.75) is 51.7 Å². The van der Waals surface area contributed by atoms with Gasteiger partial charge in [0.15, 0.2) is 0 Å². The molecule has 0 saturated heterocycles. The van der Waals surface area contributed by atoms with Gasteiger partial charge in [0.2, 0.25) is 0 Å². The predicted molar refractivity (Wildman–Crippen MR) is 68.8 cm³/mol. The minimum Gasteiger partial charge on any atom is -0.391 e. The average Bonchev–Trinajstić information content (AvgIpc) is 2.81. The first-order valence-corrected chi connectivity index (χ1v) is 6.54. The Labute approximate surface area is 103 Å². The van der Waals surface area contributed by atoms with Crippen LogP contribution < -0.4 is 10.6 Å². The summed E-state index contributed by atoms with van der Waals surface area (Å²) in [6.07, 6.45) is 7.39. The van der Waals surface area contributed by atoms with Gasteiger partial charge in [-0.05, 0) is 18.8 Å². The summed E-state index contributed by atoms with van der Waals surface area (Å²) in [5.41, 5.74) is 0. The van der Waals surface area contributed by atoms with Gasteiger partial charge in [0.25, 0.3) is 0 Å². The molecule has 0 heterocycles. The molecule has 4 nitrogen and oxygen atoms in total. The van der Waals surface area contributed by atoms with Crippen molar-refractivity contribution in [2.24, 2.45) is 5.92 Å². The third kappa shape index (κ3) is 4.77. The zero-order valence-electron chi connectivity index (χ0n) is 10.8. The fourth-order valence-electron chi connectivity index (χ4n) is 2.17. The summed E-state index contributed by atoms with van der Waals surface area (Å²) in [6, 6.07) is 0.0454. The minimum absolute atomic E-state index is 0.177. The molecule has 0 spiro atoms. The first-order valence-electron chi connectivity index (χ1n) is 6.54. The van der Waals surface area contributed by atoms with Crippen molar-refractivity contribution in [3.8, 4) is 0 Å². The van der Waals surface area contributed by atoms with Gasteiger partial charge in [-0.3, -0.25) is 0 Å². The Kier molecular flexibility index (Phi) is 6.05. The van der Waals surface area contributed by atoms with E-state index in [0.717, 1.165) is 25.7 Å². The predicted octanol–water partition coefficient (Wildman–Crippen LogP) is 1.80. The molecule has 1 atom stereocenters. The second kappa shape index (κ2) is 7.33. The number of rotatable bonds is 6. The number of urea groups is 1. The van der Waals surface area contributed by atoms with E-state index >= 15 is 0 Å². The van der Waals surface area contributed by atoms with Crippen molar-refractivity contribution in [3.05, 3.63) is 12.2 Å². The van der Waals surface area contributed by atoms with E-state index in [4.69, 9.17) is 0 Å². The van der Waals surface area contributed by atoms with Crippen LogP contribution in [0.3, 0.4) is 0 Å². The van der Waals surface area contributed by atoms with Gasteiger partial charge in [0.05, 0.1) is 6.10 Å². The molecule has 0 bridgehead atoms. The van der Waals surface area contributed by atoms with Crippen molar-refractivity contribution in [2.75, 3.05) is 6.54 Å². The molecular weight excluding hydrogens is 216 g/mol. The smallest absolute Gasteiger partial charge is 0.315 e. The van der Waals surface area contributed by atoms with Gasteiger partial charge in [0.1, 0.15) is 0 Å². The fraction of sp³-hybridized carbons (Fsp3) is 0.769. The Hall–Kier alpha value is -1.03. The van der Waals surface area contributed by atoms with E-state index in [1.165, 1.54) is 0 Å². The lowest BCUT2D eigenvalue weighted by atomic mass is 9.97. The lowest BCUT2D eigenvalue weighted by Gasteiger charge is -2.21. The summed E-state index contributed by atoms with van der Waals surface area (Å²) >= 11 is 0. The molecule has 1 rings (SSSR count). The Balaban J connectivity index is 2.18. The second-order valence-electron chi connectivity index (χ2n) is 4.64. The van der Waals surface area contributed by atoms with Crippen LogP contribution >= 0.6 is 0 Å². The van der Waals surface area contributed by atoms with Crippen molar-refractivity contribution in [1.82, 2.24) is 10.6 Å². The monoisotopic (exact) mass is 240 g/mol. The summed E-state index contributed by atoms with van der Waals surface area (Å²) in [4.78, 5) is 11.5. The topological polar surface area (TPSA) is 61.4 Å². The lowest BCUT2D eigenvalue weighted by molar-refractivity contribution is 0.103. The quantitative estimate of drug-likeness (QED) is 0.620. The SMILES string of the molecule is CCC(CC)C(O)CNC(=O)NC1CC=CC1. The molecule has 0 aromatic carbocycles. The molecule has 1 unspecified atom stereocenters. The molecule has 3 N–H and O–H groups in total. The summed E-state index contributed by atoms with van der Waals surface area (Å²) in [6.45, 7) is 4.45. The van der Waals surface area contributed by atoms with Crippen LogP contribution in [-0.2, 0) is 0 Å². The first-order chi connectivity index (χ1) is 8.17. The number of aliphatic hydroxyl groups excluding tert-OH is 1. The summed E-state index contributed by atoms with van der Waals surface area (Å²) < 4.78 is 0. The maximum Gasteiger partial charge on any atom is 0.315 e. The summed E-state index contributed by atoms with van der Waals surface area (Å²) in [5.74, 6) is 0.267. The molecule has 0 saturated carbocycles. The Morgan fingerprint density at radius 2 is 1.94 bits per heavy atom. The second-order valence-corrected chi connectivity index (χ2v) is 4.64. The highest BCUT2D eigenvalue weighted by Crippen LogP contribution is 2.12. The number of hydrogen-bond donors (Lipinski definition) is 3. The van der Waals surface area contributed by atoms with Crippen LogP contribution in [0.15, 0.2) is 12.2 Å².